The minimum atomic E-state index is 0.101. The van der Waals surface area contributed by atoms with E-state index in [9.17, 15) is 4.79 Å². The summed E-state index contributed by atoms with van der Waals surface area (Å²) in [5.41, 5.74) is 0. The molecule has 2 fully saturated rings. The van der Waals surface area contributed by atoms with Crippen molar-refractivity contribution in [1.29, 1.82) is 0 Å². The summed E-state index contributed by atoms with van der Waals surface area (Å²) in [4.78, 5) is 14.3. The monoisotopic (exact) mass is 225 g/mol. The summed E-state index contributed by atoms with van der Waals surface area (Å²) in [5.74, 6) is 0.230. The van der Waals surface area contributed by atoms with Gasteiger partial charge < -0.3 is 10.6 Å². The van der Waals surface area contributed by atoms with E-state index in [4.69, 9.17) is 0 Å². The van der Waals surface area contributed by atoms with Crippen LogP contribution in [0.5, 0.6) is 0 Å². The number of amides is 1. The minimum absolute atomic E-state index is 0.101. The summed E-state index contributed by atoms with van der Waals surface area (Å²) in [5, 5.41) is 6.13. The number of hydrogen-bond donors (Lipinski definition) is 2. The first-order valence-corrected chi connectivity index (χ1v) is 6.51. The lowest BCUT2D eigenvalue weighted by Gasteiger charge is -2.39. The van der Waals surface area contributed by atoms with Gasteiger partial charge in [0.15, 0.2) is 0 Å². The van der Waals surface area contributed by atoms with Crippen LogP contribution in [0.25, 0.3) is 0 Å². The molecule has 16 heavy (non-hydrogen) atoms. The van der Waals surface area contributed by atoms with Crippen LogP contribution in [0.1, 0.15) is 32.1 Å². The fraction of sp³-hybridized carbons (Fsp3) is 0.917. The standard InChI is InChI=1S/C12H23N3O/c1-13-7-6-11-12(16)14-8-9-15(11)10-4-2-3-5-10/h10-11,13H,2-9H2,1H3,(H,14,16). The maximum atomic E-state index is 11.9. The fourth-order valence-electron chi connectivity index (χ4n) is 2.98. The molecule has 0 spiro atoms. The van der Waals surface area contributed by atoms with Crippen molar-refractivity contribution >= 4 is 5.91 Å². The topological polar surface area (TPSA) is 44.4 Å². The highest BCUT2D eigenvalue weighted by molar-refractivity contribution is 5.82. The largest absolute Gasteiger partial charge is 0.353 e. The Bertz CT molecular complexity index is 238. The number of hydrogen-bond acceptors (Lipinski definition) is 3. The number of piperazine rings is 1. The molecule has 0 radical (unpaired) electrons. The van der Waals surface area contributed by atoms with E-state index in [-0.39, 0.29) is 11.9 Å². The lowest BCUT2D eigenvalue weighted by atomic mass is 10.0. The van der Waals surface area contributed by atoms with Crippen molar-refractivity contribution in [3.8, 4) is 0 Å². The van der Waals surface area contributed by atoms with Gasteiger partial charge in [-0.25, -0.2) is 0 Å². The quantitative estimate of drug-likeness (QED) is 0.725. The molecule has 2 rings (SSSR count). The normalized spacial score (nSPS) is 28.3. The van der Waals surface area contributed by atoms with Crippen LogP contribution >= 0.6 is 0 Å². The Morgan fingerprint density at radius 3 is 2.88 bits per heavy atom. The Morgan fingerprint density at radius 1 is 1.44 bits per heavy atom. The SMILES string of the molecule is CNCCC1C(=O)NCCN1C1CCCC1. The number of carbonyl (C=O) groups is 1. The molecule has 1 saturated carbocycles. The molecule has 0 aromatic heterocycles. The van der Waals surface area contributed by atoms with Crippen LogP contribution in [0, 0.1) is 0 Å². The molecule has 4 nitrogen and oxygen atoms in total. The first kappa shape index (κ1) is 11.9. The summed E-state index contributed by atoms with van der Waals surface area (Å²) in [6.07, 6.45) is 6.16. The van der Waals surface area contributed by atoms with Gasteiger partial charge in [-0.1, -0.05) is 12.8 Å². The van der Waals surface area contributed by atoms with E-state index in [1.165, 1.54) is 25.7 Å². The van der Waals surface area contributed by atoms with Crippen LogP contribution in [0.3, 0.4) is 0 Å². The maximum absolute atomic E-state index is 11.9. The number of nitrogens with zero attached hydrogens (tertiary/aromatic N) is 1. The van der Waals surface area contributed by atoms with Gasteiger partial charge in [0, 0.05) is 19.1 Å². The Hall–Kier alpha value is -0.610. The number of carbonyl (C=O) groups excluding carboxylic acids is 1. The van der Waals surface area contributed by atoms with Gasteiger partial charge in [0.05, 0.1) is 6.04 Å². The Balaban J connectivity index is 1.97. The predicted molar refractivity (Wildman–Crippen MR) is 64.3 cm³/mol. The molecule has 2 aliphatic rings. The molecule has 1 amide bonds. The summed E-state index contributed by atoms with van der Waals surface area (Å²) in [7, 11) is 1.95. The molecular formula is C12H23N3O. The van der Waals surface area contributed by atoms with Crippen molar-refractivity contribution in [1.82, 2.24) is 15.5 Å². The second kappa shape index (κ2) is 5.64. The van der Waals surface area contributed by atoms with Gasteiger partial charge in [0.1, 0.15) is 0 Å². The van der Waals surface area contributed by atoms with Gasteiger partial charge in [0.2, 0.25) is 5.91 Å². The molecule has 4 heteroatoms. The predicted octanol–water partition coefficient (Wildman–Crippen LogP) is 0.339. The Kier molecular flexibility index (Phi) is 4.18. The molecule has 1 saturated heterocycles. The van der Waals surface area contributed by atoms with E-state index < -0.39 is 0 Å². The summed E-state index contributed by atoms with van der Waals surface area (Å²) in [6.45, 7) is 2.78. The van der Waals surface area contributed by atoms with Gasteiger partial charge in [-0.05, 0) is 32.9 Å². The minimum Gasteiger partial charge on any atom is -0.353 e. The van der Waals surface area contributed by atoms with E-state index in [1.54, 1.807) is 0 Å². The first-order chi connectivity index (χ1) is 7.83. The highest BCUT2D eigenvalue weighted by Crippen LogP contribution is 2.26. The Morgan fingerprint density at radius 2 is 2.19 bits per heavy atom. The molecule has 1 atom stereocenters. The molecular weight excluding hydrogens is 202 g/mol. The van der Waals surface area contributed by atoms with Gasteiger partial charge >= 0.3 is 0 Å². The van der Waals surface area contributed by atoms with Crippen molar-refractivity contribution in [3.63, 3.8) is 0 Å². The number of nitrogens with one attached hydrogen (secondary N) is 2. The van der Waals surface area contributed by atoms with E-state index in [0.29, 0.717) is 6.04 Å². The van der Waals surface area contributed by atoms with Crippen LogP contribution in [-0.4, -0.2) is 49.6 Å². The highest BCUT2D eigenvalue weighted by Gasteiger charge is 2.34. The van der Waals surface area contributed by atoms with E-state index in [0.717, 1.165) is 26.1 Å². The zero-order chi connectivity index (χ0) is 11.4. The van der Waals surface area contributed by atoms with Gasteiger partial charge in [-0.15, -0.1) is 0 Å². The third-order valence-corrected chi connectivity index (χ3v) is 3.83. The van der Waals surface area contributed by atoms with Crippen molar-refractivity contribution in [2.24, 2.45) is 0 Å². The van der Waals surface area contributed by atoms with E-state index in [1.807, 2.05) is 7.05 Å². The molecule has 0 aromatic rings. The third-order valence-electron chi connectivity index (χ3n) is 3.83. The molecule has 0 aromatic carbocycles. The van der Waals surface area contributed by atoms with Crippen molar-refractivity contribution in [2.75, 3.05) is 26.7 Å². The second-order valence-electron chi connectivity index (χ2n) is 4.88. The molecule has 1 aliphatic heterocycles. The van der Waals surface area contributed by atoms with Gasteiger partial charge in [0.25, 0.3) is 0 Å². The zero-order valence-corrected chi connectivity index (χ0v) is 10.2. The maximum Gasteiger partial charge on any atom is 0.237 e. The van der Waals surface area contributed by atoms with E-state index in [2.05, 4.69) is 15.5 Å². The molecule has 92 valence electrons. The number of rotatable bonds is 4. The average Bonchev–Trinajstić information content (AvgIpc) is 2.80. The van der Waals surface area contributed by atoms with Crippen molar-refractivity contribution < 1.29 is 4.79 Å². The van der Waals surface area contributed by atoms with Crippen molar-refractivity contribution in [3.05, 3.63) is 0 Å². The Labute approximate surface area is 97.8 Å². The molecule has 1 aliphatic carbocycles. The molecule has 1 heterocycles. The van der Waals surface area contributed by atoms with E-state index >= 15 is 0 Å². The van der Waals surface area contributed by atoms with Crippen LogP contribution in [-0.2, 0) is 4.79 Å². The molecule has 1 unspecified atom stereocenters. The second-order valence-corrected chi connectivity index (χ2v) is 4.88. The van der Waals surface area contributed by atoms with Gasteiger partial charge in [-0.2, -0.15) is 0 Å². The zero-order valence-electron chi connectivity index (χ0n) is 10.2. The van der Waals surface area contributed by atoms with Crippen LogP contribution < -0.4 is 10.6 Å². The van der Waals surface area contributed by atoms with Gasteiger partial charge in [-0.3, -0.25) is 9.69 Å². The van der Waals surface area contributed by atoms with Crippen LogP contribution in [0.2, 0.25) is 0 Å². The lowest BCUT2D eigenvalue weighted by Crippen LogP contribution is -2.58. The lowest BCUT2D eigenvalue weighted by molar-refractivity contribution is -0.130. The highest BCUT2D eigenvalue weighted by atomic mass is 16.2. The van der Waals surface area contributed by atoms with Crippen LogP contribution in [0.4, 0.5) is 0 Å². The van der Waals surface area contributed by atoms with Crippen LogP contribution in [0.15, 0.2) is 0 Å². The smallest absolute Gasteiger partial charge is 0.237 e. The third kappa shape index (κ3) is 2.55. The first-order valence-electron chi connectivity index (χ1n) is 6.51. The summed E-state index contributed by atoms with van der Waals surface area (Å²) in [6, 6.07) is 0.761. The van der Waals surface area contributed by atoms with Crippen molar-refractivity contribution in [2.45, 2.75) is 44.2 Å². The fourth-order valence-corrected chi connectivity index (χ4v) is 2.98. The molecule has 0 bridgehead atoms. The average molecular weight is 225 g/mol. The molecule has 2 N–H and O–H groups in total. The summed E-state index contributed by atoms with van der Waals surface area (Å²) < 4.78 is 0. The summed E-state index contributed by atoms with van der Waals surface area (Å²) >= 11 is 0.